The Balaban J connectivity index is 2.56. The highest BCUT2D eigenvalue weighted by atomic mass is 32.3. The standard InChI is InChI=1S/C20H34N2O9S3/c1-7-28-15(4)21-33(23,24)18-13-16-17(31-20(5,29-8-2)30-9-3)14-22(11-10-12-27-6)34(25,26)19(16)32-18/h13,17H,7-12,14H2,1-6H3/t17-/m1/s1. The van der Waals surface area contributed by atoms with Crippen LogP contribution in [-0.2, 0) is 43.7 Å². The molecule has 1 atom stereocenters. The minimum atomic E-state index is -4.19. The Morgan fingerprint density at radius 1 is 1.24 bits per heavy atom. The van der Waals surface area contributed by atoms with Gasteiger partial charge in [-0.2, -0.15) is 12.7 Å². The van der Waals surface area contributed by atoms with Crippen molar-refractivity contribution in [1.29, 1.82) is 0 Å². The molecule has 1 aliphatic heterocycles. The van der Waals surface area contributed by atoms with Crippen LogP contribution in [0.25, 0.3) is 0 Å². The van der Waals surface area contributed by atoms with E-state index in [0.29, 0.717) is 37.6 Å². The highest BCUT2D eigenvalue weighted by Crippen LogP contribution is 2.43. The maximum Gasteiger partial charge on any atom is 0.294 e. The van der Waals surface area contributed by atoms with Gasteiger partial charge >= 0.3 is 0 Å². The summed E-state index contributed by atoms with van der Waals surface area (Å²) in [5, 5.41) is 0. The quantitative estimate of drug-likeness (QED) is 0.160. The molecule has 1 aromatic rings. The lowest BCUT2D eigenvalue weighted by molar-refractivity contribution is -0.383. The summed E-state index contributed by atoms with van der Waals surface area (Å²) in [7, 11) is -6.62. The van der Waals surface area contributed by atoms with Crippen molar-refractivity contribution < 1.29 is 40.5 Å². The minimum Gasteiger partial charge on any atom is -0.481 e. The monoisotopic (exact) mass is 542 g/mol. The van der Waals surface area contributed by atoms with Crippen LogP contribution in [0.1, 0.15) is 52.7 Å². The zero-order valence-electron chi connectivity index (χ0n) is 20.4. The number of thiophene rings is 1. The van der Waals surface area contributed by atoms with Crippen LogP contribution in [-0.4, -0.2) is 79.6 Å². The molecular weight excluding hydrogens is 508 g/mol. The topological polar surface area (TPSA) is 130 Å². The number of fused-ring (bicyclic) bond motifs is 1. The minimum absolute atomic E-state index is 0.0355. The highest BCUT2D eigenvalue weighted by Gasteiger charge is 2.44. The zero-order chi connectivity index (χ0) is 25.6. The summed E-state index contributed by atoms with van der Waals surface area (Å²) < 4.78 is 84.6. The highest BCUT2D eigenvalue weighted by molar-refractivity contribution is 7.94. The fraction of sp³-hybridized carbons (Fsp3) is 0.750. The second kappa shape index (κ2) is 12.2. The van der Waals surface area contributed by atoms with Crippen molar-refractivity contribution in [2.75, 3.05) is 46.6 Å². The van der Waals surface area contributed by atoms with E-state index in [4.69, 9.17) is 23.7 Å². The lowest BCUT2D eigenvalue weighted by atomic mass is 10.2. The predicted octanol–water partition coefficient (Wildman–Crippen LogP) is 2.74. The van der Waals surface area contributed by atoms with E-state index in [-0.39, 0.29) is 39.6 Å². The zero-order valence-corrected chi connectivity index (χ0v) is 22.8. The van der Waals surface area contributed by atoms with Gasteiger partial charge in [-0.15, -0.1) is 15.7 Å². The van der Waals surface area contributed by atoms with Crippen molar-refractivity contribution in [3.05, 3.63) is 11.6 Å². The van der Waals surface area contributed by atoms with Gasteiger partial charge in [0.25, 0.3) is 26.0 Å². The number of hydrogen-bond donors (Lipinski definition) is 0. The molecule has 0 spiro atoms. The van der Waals surface area contributed by atoms with Crippen molar-refractivity contribution in [3.63, 3.8) is 0 Å². The van der Waals surface area contributed by atoms with Gasteiger partial charge in [-0.05, 0) is 33.3 Å². The molecule has 1 aliphatic rings. The molecule has 0 fully saturated rings. The van der Waals surface area contributed by atoms with Crippen LogP contribution in [0.4, 0.5) is 0 Å². The lowest BCUT2D eigenvalue weighted by Gasteiger charge is -2.37. The van der Waals surface area contributed by atoms with Gasteiger partial charge in [0.05, 0.1) is 6.61 Å². The third-order valence-corrected chi connectivity index (χ3v) is 10.1. The average Bonchev–Trinajstić information content (AvgIpc) is 3.20. The molecule has 11 nitrogen and oxygen atoms in total. The van der Waals surface area contributed by atoms with Gasteiger partial charge in [0.15, 0.2) is 5.90 Å². The molecule has 2 rings (SSSR count). The Morgan fingerprint density at radius 3 is 2.44 bits per heavy atom. The number of rotatable bonds is 13. The Kier molecular flexibility index (Phi) is 10.5. The molecule has 0 N–H and O–H groups in total. The van der Waals surface area contributed by atoms with Crippen LogP contribution in [0.15, 0.2) is 18.9 Å². The molecule has 0 aromatic carbocycles. The maximum absolute atomic E-state index is 13.3. The van der Waals surface area contributed by atoms with Gasteiger partial charge in [0.2, 0.25) is 0 Å². The van der Waals surface area contributed by atoms with E-state index in [1.807, 2.05) is 0 Å². The van der Waals surface area contributed by atoms with Crippen LogP contribution in [0.2, 0.25) is 0 Å². The number of hydrogen-bond acceptors (Lipinski definition) is 10. The van der Waals surface area contributed by atoms with E-state index in [1.165, 1.54) is 24.4 Å². The number of nitrogens with zero attached hydrogens (tertiary/aromatic N) is 2. The average molecular weight is 543 g/mol. The molecule has 0 bridgehead atoms. The number of ether oxygens (including phenoxy) is 5. The SMILES string of the molecule is CCOC(C)=NS(=O)(=O)c1cc2c(s1)S(=O)(=O)N(CCCOC)C[C@H]2OC(C)(OCC)OCC. The molecule has 0 saturated carbocycles. The third kappa shape index (κ3) is 6.97. The first-order chi connectivity index (χ1) is 15.9. The summed E-state index contributed by atoms with van der Waals surface area (Å²) >= 11 is 0.636. The molecular formula is C20H34N2O9S3. The van der Waals surface area contributed by atoms with Gasteiger partial charge in [-0.1, -0.05) is 0 Å². The first-order valence-corrected chi connectivity index (χ1v) is 14.7. The molecule has 196 valence electrons. The molecule has 0 aliphatic carbocycles. The van der Waals surface area contributed by atoms with E-state index in [9.17, 15) is 16.8 Å². The van der Waals surface area contributed by atoms with E-state index < -0.39 is 32.1 Å². The van der Waals surface area contributed by atoms with Crippen molar-refractivity contribution in [2.45, 2.75) is 61.5 Å². The molecule has 14 heteroatoms. The van der Waals surface area contributed by atoms with E-state index in [1.54, 1.807) is 27.7 Å². The summed E-state index contributed by atoms with van der Waals surface area (Å²) in [5.41, 5.74) is 0.224. The normalized spacial score (nSPS) is 19.2. The molecule has 0 radical (unpaired) electrons. The molecule has 2 heterocycles. The smallest absolute Gasteiger partial charge is 0.294 e. The Bertz CT molecular complexity index is 1050. The Labute approximate surface area is 206 Å². The van der Waals surface area contributed by atoms with Crippen LogP contribution >= 0.6 is 11.3 Å². The van der Waals surface area contributed by atoms with E-state index >= 15 is 0 Å². The van der Waals surface area contributed by atoms with Gasteiger partial charge in [0, 0.05) is 59.4 Å². The van der Waals surface area contributed by atoms with Crippen LogP contribution in [0.5, 0.6) is 0 Å². The summed E-state index contributed by atoms with van der Waals surface area (Å²) in [6, 6.07) is 1.30. The van der Waals surface area contributed by atoms with Crippen molar-refractivity contribution in [2.24, 2.45) is 4.40 Å². The van der Waals surface area contributed by atoms with Gasteiger partial charge in [0.1, 0.15) is 14.5 Å². The van der Waals surface area contributed by atoms with Crippen LogP contribution in [0.3, 0.4) is 0 Å². The fourth-order valence-corrected chi connectivity index (χ4v) is 8.26. The summed E-state index contributed by atoms with van der Waals surface area (Å²) in [4.78, 5) is 0. The summed E-state index contributed by atoms with van der Waals surface area (Å²) in [5.74, 6) is -1.49. The van der Waals surface area contributed by atoms with Crippen LogP contribution < -0.4 is 0 Å². The molecule has 34 heavy (non-hydrogen) atoms. The number of methoxy groups -OCH3 is 1. The second-order valence-corrected chi connectivity index (χ2v) is 12.4. The van der Waals surface area contributed by atoms with Gasteiger partial charge < -0.3 is 23.7 Å². The Hall–Kier alpha value is -1.13. The first-order valence-electron chi connectivity index (χ1n) is 11.0. The van der Waals surface area contributed by atoms with Crippen molar-refractivity contribution >= 4 is 37.3 Å². The number of sulfonamides is 2. The molecule has 0 amide bonds. The second-order valence-electron chi connectivity index (χ2n) is 7.37. The van der Waals surface area contributed by atoms with E-state index in [2.05, 4.69) is 4.40 Å². The lowest BCUT2D eigenvalue weighted by Crippen LogP contribution is -2.45. The molecule has 1 aromatic heterocycles. The third-order valence-electron chi connectivity index (χ3n) is 4.77. The molecule has 0 unspecified atom stereocenters. The first kappa shape index (κ1) is 29.1. The summed E-state index contributed by atoms with van der Waals surface area (Å²) in [6.07, 6.45) is -0.373. The van der Waals surface area contributed by atoms with Gasteiger partial charge in [-0.3, -0.25) is 0 Å². The van der Waals surface area contributed by atoms with Gasteiger partial charge in [-0.25, -0.2) is 8.42 Å². The predicted molar refractivity (Wildman–Crippen MR) is 127 cm³/mol. The maximum atomic E-state index is 13.3. The van der Waals surface area contributed by atoms with Crippen LogP contribution in [0, 0.1) is 0 Å². The largest absolute Gasteiger partial charge is 0.481 e. The molecule has 0 saturated heterocycles. The van der Waals surface area contributed by atoms with Crippen molar-refractivity contribution in [1.82, 2.24) is 4.31 Å². The fourth-order valence-electron chi connectivity index (χ4n) is 3.46. The Morgan fingerprint density at radius 2 is 1.88 bits per heavy atom. The summed E-state index contributed by atoms with van der Waals surface area (Å²) in [6.45, 7) is 9.63. The van der Waals surface area contributed by atoms with E-state index in [0.717, 1.165) is 0 Å². The van der Waals surface area contributed by atoms with Crippen molar-refractivity contribution in [3.8, 4) is 0 Å².